The van der Waals surface area contributed by atoms with Gasteiger partial charge in [-0.1, -0.05) is 5.59 Å². The smallest absolute Gasteiger partial charge is 0.131 e. The van der Waals surface area contributed by atoms with E-state index in [0.29, 0.717) is 0 Å². The van der Waals surface area contributed by atoms with Crippen LogP contribution in [0.25, 0.3) is 0 Å². The number of rotatable bonds is 1. The fourth-order valence-corrected chi connectivity index (χ4v) is 0.455. The van der Waals surface area contributed by atoms with Crippen LogP contribution in [0.5, 0.6) is 0 Å². The van der Waals surface area contributed by atoms with E-state index in [9.17, 15) is 0 Å². The Morgan fingerprint density at radius 2 is 2.62 bits per heavy atom. The molecule has 0 saturated heterocycles. The summed E-state index contributed by atoms with van der Waals surface area (Å²) < 4.78 is 0. The van der Waals surface area contributed by atoms with Gasteiger partial charge in [0.15, 0.2) is 0 Å². The van der Waals surface area contributed by atoms with E-state index >= 15 is 0 Å². The van der Waals surface area contributed by atoms with E-state index in [4.69, 9.17) is 0 Å². The standard InChI is InChI=1S/C5H9N2O/c1-5(2)7-3-4-8-6-7/h3-6H,1H2,2H3. The molecule has 0 bridgehead atoms. The van der Waals surface area contributed by atoms with Crippen molar-refractivity contribution >= 4 is 0 Å². The van der Waals surface area contributed by atoms with Gasteiger partial charge in [0.05, 0.1) is 6.20 Å². The molecular formula is C5H9N2O. The van der Waals surface area contributed by atoms with Crippen molar-refractivity contribution in [3.05, 3.63) is 19.4 Å². The number of nitrogens with one attached hydrogen (secondary N) is 1. The zero-order chi connectivity index (χ0) is 5.98. The van der Waals surface area contributed by atoms with E-state index in [1.807, 2.05) is 6.92 Å². The van der Waals surface area contributed by atoms with E-state index in [0.717, 1.165) is 0 Å². The van der Waals surface area contributed by atoms with Gasteiger partial charge in [-0.25, -0.2) is 0 Å². The molecule has 0 aliphatic carbocycles. The molecule has 0 amide bonds. The molecule has 1 aliphatic rings. The van der Waals surface area contributed by atoms with Gasteiger partial charge in [-0.05, 0) is 13.8 Å². The van der Waals surface area contributed by atoms with Gasteiger partial charge in [-0.15, -0.1) is 0 Å². The quantitative estimate of drug-likeness (QED) is 0.533. The second-order valence-electron chi connectivity index (χ2n) is 1.75. The van der Waals surface area contributed by atoms with Gasteiger partial charge in [-0.2, -0.15) is 0 Å². The predicted octanol–water partition coefficient (Wildman–Crippen LogP) is 0.432. The van der Waals surface area contributed by atoms with Crippen molar-refractivity contribution in [2.24, 2.45) is 0 Å². The van der Waals surface area contributed by atoms with Crippen LogP contribution in [-0.4, -0.2) is 11.1 Å². The van der Waals surface area contributed by atoms with Gasteiger partial charge in [0.25, 0.3) is 0 Å². The number of hydrogen-bond donors (Lipinski definition) is 1. The minimum absolute atomic E-state index is 0.203. The lowest BCUT2D eigenvalue weighted by Gasteiger charge is -2.17. The molecule has 3 heteroatoms. The molecule has 1 atom stereocenters. The monoisotopic (exact) mass is 113 g/mol. The lowest BCUT2D eigenvalue weighted by atomic mass is 10.4. The Labute approximate surface area is 48.9 Å². The van der Waals surface area contributed by atoms with Gasteiger partial charge in [-0.3, -0.25) is 5.01 Å². The van der Waals surface area contributed by atoms with Crippen LogP contribution in [0.2, 0.25) is 0 Å². The van der Waals surface area contributed by atoms with Gasteiger partial charge >= 0.3 is 0 Å². The normalized spacial score (nSPS) is 17.6. The summed E-state index contributed by atoms with van der Waals surface area (Å²) in [5.41, 5.74) is 2.62. The molecule has 0 fully saturated rings. The summed E-state index contributed by atoms with van der Waals surface area (Å²) in [5, 5.41) is 1.76. The lowest BCUT2D eigenvalue weighted by molar-refractivity contribution is 0.0241. The SMILES string of the molecule is [CH2]C(C)N1C=CON1. The van der Waals surface area contributed by atoms with Gasteiger partial charge < -0.3 is 4.84 Å². The summed E-state index contributed by atoms with van der Waals surface area (Å²) >= 11 is 0. The zero-order valence-corrected chi connectivity index (χ0v) is 4.79. The first kappa shape index (κ1) is 5.44. The number of hydrazine groups is 1. The van der Waals surface area contributed by atoms with E-state index in [2.05, 4.69) is 17.4 Å². The molecule has 1 heterocycles. The Balaban J connectivity index is 2.36. The summed E-state index contributed by atoms with van der Waals surface area (Å²) in [6.07, 6.45) is 3.36. The first-order chi connectivity index (χ1) is 3.80. The minimum atomic E-state index is 0.203. The highest BCUT2D eigenvalue weighted by Crippen LogP contribution is 1.98. The molecule has 1 N–H and O–H groups in total. The molecular weight excluding hydrogens is 104 g/mol. The van der Waals surface area contributed by atoms with Crippen molar-refractivity contribution in [2.45, 2.75) is 13.0 Å². The van der Waals surface area contributed by atoms with Gasteiger partial charge in [0.1, 0.15) is 6.26 Å². The Bertz CT molecular complexity index is 101. The van der Waals surface area contributed by atoms with Crippen LogP contribution < -0.4 is 5.59 Å². The van der Waals surface area contributed by atoms with Gasteiger partial charge in [0, 0.05) is 6.04 Å². The topological polar surface area (TPSA) is 24.5 Å². The van der Waals surface area contributed by atoms with Crippen molar-refractivity contribution in [2.75, 3.05) is 0 Å². The Morgan fingerprint density at radius 3 is 2.88 bits per heavy atom. The average molecular weight is 113 g/mol. The summed E-state index contributed by atoms with van der Waals surface area (Å²) in [4.78, 5) is 4.67. The lowest BCUT2D eigenvalue weighted by Crippen LogP contribution is -2.33. The molecule has 1 rings (SSSR count). The third kappa shape index (κ3) is 0.924. The molecule has 45 valence electrons. The van der Waals surface area contributed by atoms with E-state index in [1.165, 1.54) is 0 Å². The largest absolute Gasteiger partial charge is 0.395 e. The van der Waals surface area contributed by atoms with Crippen molar-refractivity contribution < 1.29 is 4.84 Å². The number of hydrogen-bond acceptors (Lipinski definition) is 3. The minimum Gasteiger partial charge on any atom is -0.395 e. The van der Waals surface area contributed by atoms with Crippen LogP contribution in [0.1, 0.15) is 6.92 Å². The van der Waals surface area contributed by atoms with Crippen LogP contribution >= 0.6 is 0 Å². The summed E-state index contributed by atoms with van der Waals surface area (Å²) in [7, 11) is 0. The fraction of sp³-hybridized carbons (Fsp3) is 0.400. The molecule has 0 spiro atoms. The third-order valence-corrected chi connectivity index (χ3v) is 0.922. The second kappa shape index (κ2) is 2.05. The molecule has 1 aliphatic heterocycles. The maximum Gasteiger partial charge on any atom is 0.131 e. The van der Waals surface area contributed by atoms with E-state index in [1.54, 1.807) is 17.5 Å². The van der Waals surface area contributed by atoms with E-state index < -0.39 is 0 Å². The first-order valence-corrected chi connectivity index (χ1v) is 2.50. The van der Waals surface area contributed by atoms with Crippen LogP contribution in [-0.2, 0) is 4.84 Å². The van der Waals surface area contributed by atoms with Crippen molar-refractivity contribution in [3.63, 3.8) is 0 Å². The second-order valence-corrected chi connectivity index (χ2v) is 1.75. The van der Waals surface area contributed by atoms with Crippen LogP contribution in [0.4, 0.5) is 0 Å². The van der Waals surface area contributed by atoms with Crippen LogP contribution in [0.15, 0.2) is 12.5 Å². The molecule has 0 aromatic heterocycles. The predicted molar refractivity (Wildman–Crippen MR) is 30.0 cm³/mol. The Morgan fingerprint density at radius 1 is 1.88 bits per heavy atom. The van der Waals surface area contributed by atoms with Crippen molar-refractivity contribution in [3.8, 4) is 0 Å². The highest BCUT2D eigenvalue weighted by Gasteiger charge is 2.06. The number of nitrogens with zero attached hydrogens (tertiary/aromatic N) is 1. The zero-order valence-electron chi connectivity index (χ0n) is 4.79. The molecule has 3 nitrogen and oxygen atoms in total. The van der Waals surface area contributed by atoms with Crippen molar-refractivity contribution in [1.82, 2.24) is 10.6 Å². The first-order valence-electron chi connectivity index (χ1n) is 2.50. The molecule has 0 saturated carbocycles. The Kier molecular flexibility index (Phi) is 1.39. The average Bonchev–Trinajstić information content (AvgIpc) is 2.12. The highest BCUT2D eigenvalue weighted by molar-refractivity contribution is 4.80. The Hall–Kier alpha value is -0.700. The van der Waals surface area contributed by atoms with Crippen LogP contribution in [0.3, 0.4) is 0 Å². The maximum atomic E-state index is 4.67. The molecule has 0 aromatic rings. The molecule has 1 radical (unpaired) electrons. The summed E-state index contributed by atoms with van der Waals surface area (Å²) in [5.74, 6) is 0. The van der Waals surface area contributed by atoms with Crippen LogP contribution in [0, 0.1) is 6.92 Å². The molecule has 1 unspecified atom stereocenters. The molecule has 8 heavy (non-hydrogen) atoms. The van der Waals surface area contributed by atoms with Gasteiger partial charge in [0.2, 0.25) is 0 Å². The summed E-state index contributed by atoms with van der Waals surface area (Å²) in [6.45, 7) is 5.72. The fourth-order valence-electron chi connectivity index (χ4n) is 0.455. The highest BCUT2D eigenvalue weighted by atomic mass is 16.7. The molecule has 0 aromatic carbocycles. The maximum absolute atomic E-state index is 4.67. The summed E-state index contributed by atoms with van der Waals surface area (Å²) in [6, 6.07) is 0.203. The third-order valence-electron chi connectivity index (χ3n) is 0.922. The van der Waals surface area contributed by atoms with Crippen molar-refractivity contribution in [1.29, 1.82) is 0 Å². The van der Waals surface area contributed by atoms with E-state index in [-0.39, 0.29) is 6.04 Å².